The van der Waals surface area contributed by atoms with Crippen molar-refractivity contribution in [2.45, 2.75) is 49.9 Å². The minimum atomic E-state index is -0.490. The molecule has 0 bridgehead atoms. The second-order valence-corrected chi connectivity index (χ2v) is 20.8. The van der Waals surface area contributed by atoms with Gasteiger partial charge in [-0.25, -0.2) is 4.98 Å². The van der Waals surface area contributed by atoms with Crippen LogP contribution in [0.5, 0.6) is 0 Å². The highest BCUT2D eigenvalue weighted by molar-refractivity contribution is 14.1. The summed E-state index contributed by atoms with van der Waals surface area (Å²) in [6.07, 6.45) is 4.64. The molecule has 1 aromatic heterocycles. The number of aromatic nitrogens is 1. The van der Waals surface area contributed by atoms with E-state index in [2.05, 4.69) is 42.3 Å². The molecule has 0 amide bonds. The second kappa shape index (κ2) is 23.1. The SMILES string of the molecule is O=[N+]([O-])c1cc([C@H]2CC[C@H](c3ccc(Cl)c([N+](=O)[O-])c3)N2c2ccc(-c3ccc(N4CCOCC4)nc3)cc2)ccc1Cl.O=[N+]([O-])c1cc([C@H]2CC[C@H](c3ccc(Cl)c([N+](=O)[O-])c3)N2c2ccc(I)cc2)ccc1Cl. The molecular formula is C53H43Cl4IN8O9. The van der Waals surface area contributed by atoms with Crippen molar-refractivity contribution in [2.75, 3.05) is 41.0 Å². The van der Waals surface area contributed by atoms with Crippen LogP contribution in [0.3, 0.4) is 0 Å². The maximum atomic E-state index is 11.7. The molecule has 0 saturated carbocycles. The average Bonchev–Trinajstić information content (AvgIpc) is 4.07. The lowest BCUT2D eigenvalue weighted by Gasteiger charge is -2.33. The highest BCUT2D eigenvalue weighted by Crippen LogP contribution is 2.51. The van der Waals surface area contributed by atoms with Crippen molar-refractivity contribution in [3.05, 3.63) is 226 Å². The summed E-state index contributed by atoms with van der Waals surface area (Å²) in [4.78, 5) is 55.4. The van der Waals surface area contributed by atoms with Gasteiger partial charge in [0, 0.05) is 64.1 Å². The Morgan fingerprint density at radius 2 is 0.800 bits per heavy atom. The van der Waals surface area contributed by atoms with Crippen LogP contribution in [0.15, 0.2) is 140 Å². The molecule has 3 saturated heterocycles. The first kappa shape index (κ1) is 53.2. The first-order valence-electron chi connectivity index (χ1n) is 23.5. The van der Waals surface area contributed by atoms with E-state index in [0.29, 0.717) is 38.9 Å². The van der Waals surface area contributed by atoms with E-state index in [1.54, 1.807) is 48.5 Å². The van der Waals surface area contributed by atoms with Crippen molar-refractivity contribution < 1.29 is 24.4 Å². The predicted octanol–water partition coefficient (Wildman–Crippen LogP) is 15.3. The predicted molar refractivity (Wildman–Crippen MR) is 299 cm³/mol. The summed E-state index contributed by atoms with van der Waals surface area (Å²) in [5.41, 5.74) is 6.19. The first-order valence-corrected chi connectivity index (χ1v) is 26.1. The molecule has 7 aromatic rings. The number of hydrogen-bond acceptors (Lipinski definition) is 13. The molecule has 384 valence electrons. The third kappa shape index (κ3) is 11.6. The van der Waals surface area contributed by atoms with E-state index >= 15 is 0 Å². The summed E-state index contributed by atoms with van der Waals surface area (Å²) in [6.45, 7) is 3.01. The average molecular weight is 1200 g/mol. The molecule has 3 aliphatic heterocycles. The number of halogens is 5. The molecule has 4 atom stereocenters. The van der Waals surface area contributed by atoms with Crippen LogP contribution in [0, 0.1) is 44.0 Å². The van der Waals surface area contributed by atoms with Crippen LogP contribution < -0.4 is 14.7 Å². The van der Waals surface area contributed by atoms with Crippen LogP contribution >= 0.6 is 69.0 Å². The third-order valence-corrected chi connectivity index (χ3v) is 15.7. The van der Waals surface area contributed by atoms with E-state index in [1.165, 1.54) is 24.3 Å². The summed E-state index contributed by atoms with van der Waals surface area (Å²) < 4.78 is 6.51. The number of benzene rings is 6. The molecule has 10 rings (SSSR count). The molecule has 4 heterocycles. The largest absolute Gasteiger partial charge is 0.378 e. The van der Waals surface area contributed by atoms with Crippen LogP contribution in [0.25, 0.3) is 11.1 Å². The van der Waals surface area contributed by atoms with E-state index in [4.69, 9.17) is 51.1 Å². The number of nitro groups is 4. The number of nitrogens with zero attached hydrogens (tertiary/aromatic N) is 8. The quantitative estimate of drug-likeness (QED) is 0.0635. The van der Waals surface area contributed by atoms with Gasteiger partial charge in [0.2, 0.25) is 0 Å². The minimum Gasteiger partial charge on any atom is -0.378 e. The van der Waals surface area contributed by atoms with Gasteiger partial charge in [0.25, 0.3) is 22.7 Å². The number of anilines is 3. The molecule has 0 spiro atoms. The summed E-state index contributed by atoms with van der Waals surface area (Å²) in [5, 5.41) is 46.5. The molecule has 0 N–H and O–H groups in total. The Bertz CT molecular complexity index is 3160. The Kier molecular flexibility index (Phi) is 16.3. The van der Waals surface area contributed by atoms with Gasteiger partial charge in [0.1, 0.15) is 25.9 Å². The monoisotopic (exact) mass is 1200 g/mol. The van der Waals surface area contributed by atoms with Crippen LogP contribution in [0.1, 0.15) is 72.1 Å². The number of pyridine rings is 1. The normalized spacial score (nSPS) is 18.3. The molecule has 0 aliphatic carbocycles. The standard InChI is InChI=1S/C31H27Cl2N5O5.C22H16Cl2IN3O4/c32-25-8-3-21(17-29(25)37(39)40)27-10-11-28(22-4-9-26(33)30(18-22)38(41)42)36(27)24-6-1-20(2-7-24)23-5-12-31(34-19-23)35-13-15-43-16-14-35;23-17-7-1-13(11-21(17)27(29)30)19-9-10-20(26(19)16-5-3-15(25)4-6-16)14-2-8-18(24)22(12-14)28(31)32/h1-9,12,17-19,27-28H,10-11,13-16H2;1-8,11-12,19-20H,9-10H2/t27-,28-;19-,20-/m11/s1. The number of rotatable bonds is 12. The van der Waals surface area contributed by atoms with E-state index in [1.807, 2.05) is 66.9 Å². The highest BCUT2D eigenvalue weighted by Gasteiger charge is 2.39. The second-order valence-electron chi connectivity index (χ2n) is 17.9. The lowest BCUT2D eigenvalue weighted by atomic mass is 10.0. The van der Waals surface area contributed by atoms with Gasteiger partial charge in [-0.15, -0.1) is 0 Å². The first-order chi connectivity index (χ1) is 36.1. The molecule has 0 radical (unpaired) electrons. The summed E-state index contributed by atoms with van der Waals surface area (Å²) in [7, 11) is 0. The van der Waals surface area contributed by atoms with Gasteiger partial charge < -0.3 is 19.4 Å². The van der Waals surface area contributed by atoms with Crippen molar-refractivity contribution in [3.8, 4) is 11.1 Å². The Morgan fingerprint density at radius 3 is 1.12 bits per heavy atom. The lowest BCUT2D eigenvalue weighted by molar-refractivity contribution is -0.384. The lowest BCUT2D eigenvalue weighted by Crippen LogP contribution is -2.36. The van der Waals surface area contributed by atoms with Crippen molar-refractivity contribution >= 4 is 109 Å². The van der Waals surface area contributed by atoms with E-state index < -0.39 is 19.7 Å². The Hall–Kier alpha value is -6.68. The molecule has 75 heavy (non-hydrogen) atoms. The maximum Gasteiger partial charge on any atom is 0.288 e. The van der Waals surface area contributed by atoms with Gasteiger partial charge in [0.05, 0.1) is 57.1 Å². The fraction of sp³-hybridized carbons (Fsp3) is 0.226. The number of morpholine rings is 1. The Morgan fingerprint density at radius 1 is 0.467 bits per heavy atom. The van der Waals surface area contributed by atoms with Gasteiger partial charge in [-0.05, 0) is 149 Å². The summed E-state index contributed by atoms with van der Waals surface area (Å²) in [6, 6.07) is 38.7. The van der Waals surface area contributed by atoms with Crippen LogP contribution in [-0.4, -0.2) is 51.0 Å². The van der Waals surface area contributed by atoms with Gasteiger partial charge in [-0.3, -0.25) is 40.5 Å². The van der Waals surface area contributed by atoms with Crippen LogP contribution in [0.2, 0.25) is 20.1 Å². The number of ether oxygens (including phenoxy) is 1. The molecule has 22 heteroatoms. The van der Waals surface area contributed by atoms with E-state index in [-0.39, 0.29) is 67.0 Å². The molecule has 3 aliphatic rings. The van der Waals surface area contributed by atoms with Crippen molar-refractivity contribution in [1.82, 2.24) is 4.98 Å². The van der Waals surface area contributed by atoms with Crippen molar-refractivity contribution in [3.63, 3.8) is 0 Å². The Balaban J connectivity index is 0.000000192. The van der Waals surface area contributed by atoms with Crippen LogP contribution in [-0.2, 0) is 4.74 Å². The van der Waals surface area contributed by atoms with Crippen molar-refractivity contribution in [2.24, 2.45) is 0 Å². The maximum absolute atomic E-state index is 11.7. The zero-order valence-corrected chi connectivity index (χ0v) is 44.6. The summed E-state index contributed by atoms with van der Waals surface area (Å²) >= 11 is 26.5. The molecule has 0 unspecified atom stereocenters. The van der Waals surface area contributed by atoms with Gasteiger partial charge >= 0.3 is 0 Å². The third-order valence-electron chi connectivity index (χ3n) is 13.7. The van der Waals surface area contributed by atoms with Crippen LogP contribution in [0.4, 0.5) is 39.9 Å². The zero-order valence-electron chi connectivity index (χ0n) is 39.4. The van der Waals surface area contributed by atoms with E-state index in [0.717, 1.165) is 67.2 Å². The minimum absolute atomic E-state index is 0.0702. The fourth-order valence-electron chi connectivity index (χ4n) is 10.1. The number of hydrogen-bond donors (Lipinski definition) is 0. The number of nitro benzene ring substituents is 4. The molecule has 3 fully saturated rings. The Labute approximate surface area is 463 Å². The fourth-order valence-corrected chi connectivity index (χ4v) is 11.2. The smallest absolute Gasteiger partial charge is 0.288 e. The van der Waals surface area contributed by atoms with Gasteiger partial charge in [-0.2, -0.15) is 0 Å². The molecule has 6 aromatic carbocycles. The zero-order chi connectivity index (χ0) is 53.1. The summed E-state index contributed by atoms with van der Waals surface area (Å²) in [5.74, 6) is 0.917. The van der Waals surface area contributed by atoms with E-state index in [9.17, 15) is 40.5 Å². The van der Waals surface area contributed by atoms with Gasteiger partial charge in [-0.1, -0.05) is 82.8 Å². The van der Waals surface area contributed by atoms with Crippen molar-refractivity contribution in [1.29, 1.82) is 0 Å². The van der Waals surface area contributed by atoms with Gasteiger partial charge in [0.15, 0.2) is 0 Å². The molecular weight excluding hydrogens is 1160 g/mol. The topological polar surface area (TPSA) is 204 Å². The molecule has 17 nitrogen and oxygen atoms in total. The highest BCUT2D eigenvalue weighted by atomic mass is 127.